The standard InChI is InChI=1S/C24H24ClN7O2/c1-14-9-26-32(29-14)21-5-3-2-4-18(21)23(34)30-10-15-12-31(13-16(15)11-30)24-27-20-7-6-17(25)8-19(20)22(33)28-24/h2-9,14-16,29H,10-13H2,1H3,(H,27,28,33). The molecule has 174 valence electrons. The number of fused-ring (bicyclic) bond motifs is 2. The third-order valence-corrected chi connectivity index (χ3v) is 7.06. The molecule has 2 aromatic carbocycles. The smallest absolute Gasteiger partial charge is 0.260 e. The summed E-state index contributed by atoms with van der Waals surface area (Å²) in [4.78, 5) is 37.6. The summed E-state index contributed by atoms with van der Waals surface area (Å²) in [5.74, 6) is 1.24. The van der Waals surface area contributed by atoms with E-state index in [-0.39, 0.29) is 17.5 Å². The molecule has 0 saturated carbocycles. The number of hydrogen-bond donors (Lipinski definition) is 2. The Morgan fingerprint density at radius 1 is 1.09 bits per heavy atom. The molecule has 0 bridgehead atoms. The Hall–Kier alpha value is -3.43. The third kappa shape index (κ3) is 3.61. The van der Waals surface area contributed by atoms with Crippen LogP contribution in [0.1, 0.15) is 17.3 Å². The number of halogens is 1. The average molecular weight is 478 g/mol. The van der Waals surface area contributed by atoms with Gasteiger partial charge in [0.05, 0.1) is 28.2 Å². The van der Waals surface area contributed by atoms with Crippen molar-refractivity contribution in [2.24, 2.45) is 16.9 Å². The predicted molar refractivity (Wildman–Crippen MR) is 132 cm³/mol. The fourth-order valence-electron chi connectivity index (χ4n) is 5.15. The lowest BCUT2D eigenvalue weighted by molar-refractivity contribution is 0.0783. The summed E-state index contributed by atoms with van der Waals surface area (Å²) < 4.78 is 0. The Morgan fingerprint density at radius 3 is 2.59 bits per heavy atom. The maximum absolute atomic E-state index is 13.4. The predicted octanol–water partition coefficient (Wildman–Crippen LogP) is 2.48. The topological polar surface area (TPSA) is 96.9 Å². The lowest BCUT2D eigenvalue weighted by Gasteiger charge is -2.24. The number of nitrogens with one attached hydrogen (secondary N) is 2. The van der Waals surface area contributed by atoms with Gasteiger partial charge in [0.2, 0.25) is 5.95 Å². The number of aromatic nitrogens is 2. The molecule has 10 heteroatoms. The van der Waals surface area contributed by atoms with Crippen LogP contribution in [0.5, 0.6) is 0 Å². The van der Waals surface area contributed by atoms with Crippen molar-refractivity contribution in [2.75, 3.05) is 36.2 Å². The minimum Gasteiger partial charge on any atom is -0.342 e. The van der Waals surface area contributed by atoms with Gasteiger partial charge in [0.25, 0.3) is 11.5 Å². The van der Waals surface area contributed by atoms with E-state index in [0.717, 1.165) is 18.8 Å². The molecule has 3 aliphatic rings. The van der Waals surface area contributed by atoms with Gasteiger partial charge in [0.15, 0.2) is 0 Å². The van der Waals surface area contributed by atoms with E-state index in [1.165, 1.54) is 0 Å². The summed E-state index contributed by atoms with van der Waals surface area (Å²) in [6.45, 7) is 4.85. The SMILES string of the molecule is CC1C=NN(c2ccccc2C(=O)N2CC3CN(c4nc5ccc(Cl)cc5c(=O)[nH]4)CC3C2)N1. The van der Waals surface area contributed by atoms with Gasteiger partial charge in [-0.3, -0.25) is 14.6 Å². The Balaban J connectivity index is 1.18. The Morgan fingerprint density at radius 2 is 1.85 bits per heavy atom. The van der Waals surface area contributed by atoms with Crippen molar-refractivity contribution in [1.82, 2.24) is 20.3 Å². The molecule has 3 atom stereocenters. The number of para-hydroxylation sites is 1. The molecule has 3 aliphatic heterocycles. The van der Waals surface area contributed by atoms with Crippen molar-refractivity contribution >= 4 is 46.3 Å². The summed E-state index contributed by atoms with van der Waals surface area (Å²) in [5.41, 5.74) is 5.05. The fraction of sp³-hybridized carbons (Fsp3) is 0.333. The number of carbonyl (C=O) groups is 1. The Bertz CT molecular complexity index is 1360. The first-order valence-electron chi connectivity index (χ1n) is 11.4. The quantitative estimate of drug-likeness (QED) is 0.601. The maximum Gasteiger partial charge on any atom is 0.260 e. The highest BCUT2D eigenvalue weighted by atomic mass is 35.5. The van der Waals surface area contributed by atoms with Gasteiger partial charge in [-0.25, -0.2) is 10.4 Å². The summed E-state index contributed by atoms with van der Waals surface area (Å²) in [5, 5.41) is 7.03. The number of anilines is 2. The molecule has 3 unspecified atom stereocenters. The second-order valence-electron chi connectivity index (χ2n) is 9.20. The van der Waals surface area contributed by atoms with E-state index in [0.29, 0.717) is 52.4 Å². The van der Waals surface area contributed by atoms with Crippen LogP contribution in [0.4, 0.5) is 11.6 Å². The van der Waals surface area contributed by atoms with E-state index < -0.39 is 0 Å². The van der Waals surface area contributed by atoms with E-state index in [4.69, 9.17) is 11.6 Å². The van der Waals surface area contributed by atoms with Gasteiger partial charge in [-0.1, -0.05) is 23.7 Å². The van der Waals surface area contributed by atoms with Gasteiger partial charge < -0.3 is 9.80 Å². The summed E-state index contributed by atoms with van der Waals surface area (Å²) >= 11 is 6.02. The van der Waals surface area contributed by atoms with E-state index in [1.807, 2.05) is 42.3 Å². The molecule has 34 heavy (non-hydrogen) atoms. The highest BCUT2D eigenvalue weighted by Crippen LogP contribution is 2.34. The normalized spacial score (nSPS) is 23.8. The van der Waals surface area contributed by atoms with Crippen LogP contribution in [0.2, 0.25) is 5.02 Å². The average Bonchev–Trinajstić information content (AvgIpc) is 3.54. The van der Waals surface area contributed by atoms with Crippen LogP contribution in [0.15, 0.2) is 52.4 Å². The number of aromatic amines is 1. The van der Waals surface area contributed by atoms with Crippen LogP contribution >= 0.6 is 11.6 Å². The third-order valence-electron chi connectivity index (χ3n) is 6.82. The zero-order valence-electron chi connectivity index (χ0n) is 18.6. The second-order valence-corrected chi connectivity index (χ2v) is 9.63. The molecule has 3 aromatic rings. The first kappa shape index (κ1) is 21.1. The van der Waals surface area contributed by atoms with E-state index >= 15 is 0 Å². The monoisotopic (exact) mass is 477 g/mol. The number of rotatable bonds is 3. The second kappa shape index (κ2) is 8.11. The lowest BCUT2D eigenvalue weighted by Crippen LogP contribution is -2.37. The molecule has 2 fully saturated rings. The minimum absolute atomic E-state index is 0.0159. The van der Waals surface area contributed by atoms with Crippen LogP contribution in [0, 0.1) is 11.8 Å². The number of H-pyrrole nitrogens is 1. The number of carbonyl (C=O) groups excluding carboxylic acids is 1. The van der Waals surface area contributed by atoms with E-state index in [1.54, 1.807) is 23.3 Å². The first-order valence-corrected chi connectivity index (χ1v) is 11.8. The van der Waals surface area contributed by atoms with Gasteiger partial charge in [0.1, 0.15) is 0 Å². The summed E-state index contributed by atoms with van der Waals surface area (Å²) in [6, 6.07) is 12.8. The van der Waals surface area contributed by atoms with Crippen LogP contribution in [-0.4, -0.2) is 59.2 Å². The highest BCUT2D eigenvalue weighted by molar-refractivity contribution is 6.31. The Kier molecular flexibility index (Phi) is 5.04. The zero-order chi connectivity index (χ0) is 23.4. The number of hydrazine groups is 1. The number of amides is 1. The number of hydrazone groups is 1. The summed E-state index contributed by atoms with van der Waals surface area (Å²) in [6.07, 6.45) is 1.82. The Labute approximate surface area is 201 Å². The van der Waals surface area contributed by atoms with Crippen LogP contribution < -0.4 is 21.0 Å². The molecule has 0 radical (unpaired) electrons. The van der Waals surface area contributed by atoms with Gasteiger partial charge >= 0.3 is 0 Å². The minimum atomic E-state index is -0.194. The van der Waals surface area contributed by atoms with Gasteiger partial charge in [-0.15, -0.1) is 0 Å². The van der Waals surface area contributed by atoms with Crippen LogP contribution in [0.25, 0.3) is 10.9 Å². The lowest BCUT2D eigenvalue weighted by atomic mass is 10.0. The fourth-order valence-corrected chi connectivity index (χ4v) is 5.32. The molecular weight excluding hydrogens is 454 g/mol. The highest BCUT2D eigenvalue weighted by Gasteiger charge is 2.43. The first-order chi connectivity index (χ1) is 16.5. The molecule has 4 heterocycles. The number of benzene rings is 2. The van der Waals surface area contributed by atoms with Crippen molar-refractivity contribution < 1.29 is 4.79 Å². The molecule has 0 spiro atoms. The number of nitrogens with zero attached hydrogens (tertiary/aromatic N) is 5. The maximum atomic E-state index is 13.4. The van der Waals surface area contributed by atoms with Crippen molar-refractivity contribution in [3.8, 4) is 0 Å². The van der Waals surface area contributed by atoms with Gasteiger partial charge in [-0.2, -0.15) is 10.2 Å². The van der Waals surface area contributed by atoms with Gasteiger partial charge in [0, 0.05) is 49.3 Å². The number of hydrogen-bond acceptors (Lipinski definition) is 7. The largest absolute Gasteiger partial charge is 0.342 e. The van der Waals surface area contributed by atoms with Gasteiger partial charge in [-0.05, 0) is 37.3 Å². The van der Waals surface area contributed by atoms with Crippen molar-refractivity contribution in [1.29, 1.82) is 0 Å². The molecule has 2 saturated heterocycles. The van der Waals surface area contributed by atoms with Crippen LogP contribution in [0.3, 0.4) is 0 Å². The zero-order valence-corrected chi connectivity index (χ0v) is 19.4. The molecule has 0 aliphatic carbocycles. The van der Waals surface area contributed by atoms with Crippen molar-refractivity contribution in [2.45, 2.75) is 13.0 Å². The number of likely N-dealkylation sites (tertiary alicyclic amines) is 1. The molecule has 1 aromatic heterocycles. The van der Waals surface area contributed by atoms with Crippen LogP contribution in [-0.2, 0) is 0 Å². The van der Waals surface area contributed by atoms with Crippen molar-refractivity contribution in [3.05, 3.63) is 63.4 Å². The van der Waals surface area contributed by atoms with Crippen molar-refractivity contribution in [3.63, 3.8) is 0 Å². The van der Waals surface area contributed by atoms with E-state index in [9.17, 15) is 9.59 Å². The molecule has 6 rings (SSSR count). The molecule has 2 N–H and O–H groups in total. The van der Waals surface area contributed by atoms with E-state index in [2.05, 4.69) is 25.4 Å². The molecular formula is C24H24ClN7O2. The molecule has 9 nitrogen and oxygen atoms in total. The molecule has 1 amide bonds. The summed E-state index contributed by atoms with van der Waals surface area (Å²) in [7, 11) is 0.